The molecule has 3 aliphatic heterocycles. The van der Waals surface area contributed by atoms with Crippen LogP contribution in [0.15, 0.2) is 0 Å². The van der Waals surface area contributed by atoms with Crippen LogP contribution in [0.3, 0.4) is 0 Å². The molecule has 0 aromatic carbocycles. The van der Waals surface area contributed by atoms with Crippen LogP contribution in [0.4, 0.5) is 0 Å². The topological polar surface area (TPSA) is 194 Å². The quantitative estimate of drug-likeness (QED) is 0.178. The van der Waals surface area contributed by atoms with Gasteiger partial charge in [0.15, 0.2) is 12.6 Å². The molecule has 2 radical (unpaired) electrons. The first-order valence-electron chi connectivity index (χ1n) is 18.5. The second-order valence-electron chi connectivity index (χ2n) is 16.5. The first kappa shape index (κ1) is 47.8. The molecule has 0 bridgehead atoms. The van der Waals surface area contributed by atoms with Crippen molar-refractivity contribution in [2.24, 2.45) is 23.7 Å². The molecule has 0 aromatic heterocycles. The number of methoxy groups -OCH3 is 1. The van der Waals surface area contributed by atoms with E-state index in [1.165, 1.54) is 27.9 Å². The Hall–Kier alpha value is -0.378. The maximum absolute atomic E-state index is 14.1. The van der Waals surface area contributed by atoms with Crippen molar-refractivity contribution in [2.75, 3.05) is 21.2 Å². The van der Waals surface area contributed by atoms with E-state index in [0.29, 0.717) is 6.42 Å². The molecule has 3 aliphatic rings. The van der Waals surface area contributed by atoms with Crippen LogP contribution in [0.1, 0.15) is 94.9 Å². The Bertz CT molecular complexity index is 1170. The average Bonchev–Trinajstić information content (AvgIpc) is 3.05. The standard InChI is InChI=1S/C37H67NO13.Pb.2H/c1-14-25-37(10,45)30(41)20(4)27(39)18(2)16-35(8,44)32(51-34-28(40)24(38(11)12)15-19(3)47-34)21(5)29(22(6)33(43)49-25)50-26-17-36(9,46-13)31(42)23(7)48-26;;;/h18-26,28-32,34,40-42,44-45H,14-17H2,1-13H3;;;/t18-,19-,20+,21+,22-,23+,24+,25-,26+,28-,29+,30-,31+,32-,34+,35-,36-,37-;;;/m1.../s1. The molecule has 3 rings (SSSR count). The Kier molecular flexibility index (Phi) is 17.2. The Balaban J connectivity index is 0.00000936. The van der Waals surface area contributed by atoms with Crippen molar-refractivity contribution >= 4 is 39.1 Å². The zero-order valence-electron chi connectivity index (χ0n) is 33.6. The Morgan fingerprint density at radius 1 is 0.885 bits per heavy atom. The number of esters is 1. The fourth-order valence-electron chi connectivity index (χ4n) is 8.41. The molecule has 0 spiro atoms. The van der Waals surface area contributed by atoms with Crippen molar-refractivity contribution in [3.8, 4) is 0 Å². The minimum atomic E-state index is -1.99. The van der Waals surface area contributed by atoms with Crippen molar-refractivity contribution in [1.29, 1.82) is 0 Å². The van der Waals surface area contributed by atoms with Crippen LogP contribution in [0.2, 0.25) is 0 Å². The van der Waals surface area contributed by atoms with Gasteiger partial charge in [0.25, 0.3) is 0 Å². The number of aliphatic hydroxyl groups is 5. The summed E-state index contributed by atoms with van der Waals surface area (Å²) in [6.45, 7) is 16.3. The molecule has 3 fully saturated rings. The van der Waals surface area contributed by atoms with E-state index in [1.54, 1.807) is 41.5 Å². The number of carbonyl (C=O) groups excluding carboxylic acids is 2. The summed E-state index contributed by atoms with van der Waals surface area (Å²) >= 11 is 0. The van der Waals surface area contributed by atoms with Crippen molar-refractivity contribution in [3.05, 3.63) is 0 Å². The zero-order valence-corrected chi connectivity index (χ0v) is 39.1. The third-order valence-corrected chi connectivity index (χ3v) is 11.8. The van der Waals surface area contributed by atoms with Gasteiger partial charge in [-0.1, -0.05) is 27.7 Å². The number of cyclic esters (lactones) is 1. The van der Waals surface area contributed by atoms with E-state index in [2.05, 4.69) is 0 Å². The molecule has 3 saturated heterocycles. The van der Waals surface area contributed by atoms with Gasteiger partial charge in [0, 0.05) is 37.3 Å². The van der Waals surface area contributed by atoms with Gasteiger partial charge in [-0.3, -0.25) is 9.59 Å². The molecule has 0 aliphatic carbocycles. The molecular weight excluding hydrogens is 874 g/mol. The summed E-state index contributed by atoms with van der Waals surface area (Å²) < 4.78 is 37.1. The van der Waals surface area contributed by atoms with Gasteiger partial charge < -0.3 is 58.9 Å². The summed E-state index contributed by atoms with van der Waals surface area (Å²) in [5.74, 6) is -4.98. The van der Waals surface area contributed by atoms with E-state index < -0.39 is 108 Å². The zero-order chi connectivity index (χ0) is 39.0. The Morgan fingerprint density at radius 3 is 2.02 bits per heavy atom. The first-order chi connectivity index (χ1) is 23.4. The van der Waals surface area contributed by atoms with E-state index in [-0.39, 0.29) is 58.7 Å². The maximum atomic E-state index is 14.1. The molecular formula is C37H69NO13Pb. The van der Waals surface area contributed by atoms with Gasteiger partial charge in [-0.2, -0.15) is 0 Å². The van der Waals surface area contributed by atoms with Crippen LogP contribution < -0.4 is 0 Å². The Labute approximate surface area is 330 Å². The fourth-order valence-corrected chi connectivity index (χ4v) is 8.41. The van der Waals surface area contributed by atoms with E-state index in [4.69, 9.17) is 28.4 Å². The second kappa shape index (κ2) is 18.7. The van der Waals surface area contributed by atoms with E-state index in [9.17, 15) is 35.1 Å². The number of hydrogen-bond donors (Lipinski definition) is 5. The molecule has 15 heteroatoms. The van der Waals surface area contributed by atoms with Gasteiger partial charge in [-0.15, -0.1) is 0 Å². The molecule has 0 unspecified atom stereocenters. The number of Topliss-reactive ketones (excluding diaryl/α,β-unsaturated/α-hetero) is 1. The molecule has 0 saturated carbocycles. The van der Waals surface area contributed by atoms with E-state index in [1.807, 2.05) is 25.9 Å². The second-order valence-corrected chi connectivity index (χ2v) is 16.5. The molecule has 0 aromatic rings. The molecule has 304 valence electrons. The molecule has 18 atom stereocenters. The fraction of sp³-hybridized carbons (Fsp3) is 0.946. The van der Waals surface area contributed by atoms with E-state index in [0.717, 1.165) is 0 Å². The number of rotatable bonds is 7. The van der Waals surface area contributed by atoms with Crippen molar-refractivity contribution in [3.63, 3.8) is 0 Å². The van der Waals surface area contributed by atoms with Crippen LogP contribution in [-0.4, -0.2) is 175 Å². The summed E-state index contributed by atoms with van der Waals surface area (Å²) in [6, 6.07) is -0.324. The molecule has 52 heavy (non-hydrogen) atoms. The van der Waals surface area contributed by atoms with Gasteiger partial charge in [0.05, 0.1) is 47.6 Å². The summed E-state index contributed by atoms with van der Waals surface area (Å²) in [5, 5.41) is 57.6. The predicted molar refractivity (Wildman–Crippen MR) is 195 cm³/mol. The summed E-state index contributed by atoms with van der Waals surface area (Å²) in [6.07, 6.45) is -9.71. The van der Waals surface area contributed by atoms with Crippen LogP contribution in [0, 0.1) is 23.7 Å². The summed E-state index contributed by atoms with van der Waals surface area (Å²) in [4.78, 5) is 29.8. The normalized spacial score (nSPS) is 48.8. The summed E-state index contributed by atoms with van der Waals surface area (Å²) in [5.41, 5.74) is -4.84. The van der Waals surface area contributed by atoms with Crippen LogP contribution in [-0.2, 0) is 38.0 Å². The van der Waals surface area contributed by atoms with Crippen LogP contribution in [0.5, 0.6) is 0 Å². The third-order valence-electron chi connectivity index (χ3n) is 11.8. The third kappa shape index (κ3) is 10.3. The van der Waals surface area contributed by atoms with Crippen molar-refractivity contribution < 1.29 is 63.5 Å². The number of aliphatic hydroxyl groups excluding tert-OH is 3. The number of carbonyl (C=O) groups is 2. The number of ether oxygens (including phenoxy) is 6. The SMILES string of the molecule is CC[C@H]1OC(=O)[C@H](C)[C@@H](O[C@H]2C[C@@](C)(OC)[C@@H](O)[C@H](C)O2)[C@H](C)[C@@H](O[C@@H]2O[C@H](C)C[C@H](N(C)C)[C@H]2O)[C@](C)(O)C[C@@H](C)C(=O)[C@H](C)[C@@H](O)[C@]1(C)O.[PbH2]. The monoisotopic (exact) mass is 943 g/mol. The van der Waals surface area contributed by atoms with Gasteiger partial charge in [-0.05, 0) is 74.9 Å². The minimum absolute atomic E-state index is 0. The van der Waals surface area contributed by atoms with Gasteiger partial charge in [0.1, 0.15) is 29.7 Å². The predicted octanol–water partition coefficient (Wildman–Crippen LogP) is 0.869. The molecule has 14 nitrogen and oxygen atoms in total. The van der Waals surface area contributed by atoms with Gasteiger partial charge in [-0.25, -0.2) is 0 Å². The molecule has 0 amide bonds. The van der Waals surface area contributed by atoms with Gasteiger partial charge in [0.2, 0.25) is 0 Å². The van der Waals surface area contributed by atoms with E-state index >= 15 is 0 Å². The van der Waals surface area contributed by atoms with Crippen molar-refractivity contribution in [2.45, 2.75) is 179 Å². The first-order valence-corrected chi connectivity index (χ1v) is 18.5. The molecule has 3 heterocycles. The summed E-state index contributed by atoms with van der Waals surface area (Å²) in [7, 11) is 5.18. The van der Waals surface area contributed by atoms with Crippen LogP contribution in [0.25, 0.3) is 0 Å². The van der Waals surface area contributed by atoms with Gasteiger partial charge >= 0.3 is 33.3 Å². The number of ketones is 1. The number of nitrogens with zero attached hydrogens (tertiary/aromatic N) is 1. The number of likely N-dealkylation sites (N-methyl/N-ethyl adjacent to an activating group) is 1. The van der Waals surface area contributed by atoms with Crippen molar-refractivity contribution in [1.82, 2.24) is 4.90 Å². The number of hydrogen-bond acceptors (Lipinski definition) is 14. The molecule has 5 N–H and O–H groups in total. The Morgan fingerprint density at radius 2 is 1.48 bits per heavy atom. The average molecular weight is 943 g/mol. The van der Waals surface area contributed by atoms with Crippen LogP contribution >= 0.6 is 0 Å².